The van der Waals surface area contributed by atoms with Crippen molar-refractivity contribution >= 4 is 21.9 Å². The molecule has 5 rings (SSSR count). The van der Waals surface area contributed by atoms with Gasteiger partial charge in [0, 0.05) is 23.1 Å². The Hall–Kier alpha value is -4.35. The van der Waals surface area contributed by atoms with Crippen molar-refractivity contribution < 1.29 is 14.1 Å². The number of aromatic nitrogens is 5. The van der Waals surface area contributed by atoms with Crippen LogP contribution in [-0.4, -0.2) is 30.9 Å². The minimum absolute atomic E-state index is 0.240. The lowest BCUT2D eigenvalue weighted by Crippen LogP contribution is -2.37. The van der Waals surface area contributed by atoms with E-state index in [1.807, 2.05) is 25.1 Å². The topological polar surface area (TPSA) is 98.5 Å². The van der Waals surface area contributed by atoms with Gasteiger partial charge in [0.15, 0.2) is 12.4 Å². The second-order valence-electron chi connectivity index (χ2n) is 8.57. The molecule has 0 atom stereocenters. The summed E-state index contributed by atoms with van der Waals surface area (Å²) in [6, 6.07) is 10.2. The number of H-pyrrole nitrogens is 2. The summed E-state index contributed by atoms with van der Waals surface area (Å²) in [5, 5.41) is 17.3. The number of nitrogens with zero attached hydrogens (tertiary/aromatic N) is 3. The maximum Gasteiger partial charge on any atom is 0.321 e. The smallest absolute Gasteiger partial charge is 0.321 e. The van der Waals surface area contributed by atoms with Gasteiger partial charge in [-0.3, -0.25) is 9.89 Å². The fraction of sp³-hybridized carbons (Fsp3) is 0.154. The molecule has 0 bridgehead atoms. The molecule has 0 radical (unpaired) electrons. The molecule has 0 aliphatic carbocycles. The number of benzene rings is 1. The number of halogens is 1. The van der Waals surface area contributed by atoms with E-state index in [2.05, 4.69) is 27.0 Å². The fourth-order valence-corrected chi connectivity index (χ4v) is 3.91. The number of hydrogen-bond acceptors (Lipinski definition) is 4. The van der Waals surface area contributed by atoms with E-state index in [4.69, 9.17) is 4.98 Å². The highest BCUT2D eigenvalue weighted by molar-refractivity contribution is 6.04. The maximum absolute atomic E-state index is 14.5. The van der Waals surface area contributed by atoms with Crippen LogP contribution >= 0.6 is 0 Å². The van der Waals surface area contributed by atoms with Gasteiger partial charge in [-0.05, 0) is 44.4 Å². The quantitative estimate of drug-likeness (QED) is 0.282. The fourth-order valence-electron chi connectivity index (χ4n) is 3.91. The SMILES string of the molecule is Cc1cc2[nH]c(=O)c(-[n+]3ccccc3)c(-c3ccc(F)c4[nH]ncc34)c2nc1C#CC(C)(C)O. The standard InChI is InChI=1S/C26H20FN5O2/c1-15-13-20-23(29-19(15)9-10-26(2,3)34)21(16-7-8-18(27)22-17(16)14-28-31-22)24(25(33)30-20)32-11-5-4-6-12-32/h4-8,11-14,34H,1-3H3,(H-,28,30,31,33)/p+1. The van der Waals surface area contributed by atoms with Gasteiger partial charge in [-0.15, -0.1) is 0 Å². The predicted octanol–water partition coefficient (Wildman–Crippen LogP) is 3.31. The van der Waals surface area contributed by atoms with E-state index in [-0.39, 0.29) is 11.1 Å². The number of rotatable bonds is 2. The number of aryl methyl sites for hydroxylation is 1. The molecule has 0 saturated carbocycles. The third-order valence-electron chi connectivity index (χ3n) is 5.44. The maximum atomic E-state index is 14.5. The van der Waals surface area contributed by atoms with Gasteiger partial charge in [0.1, 0.15) is 28.1 Å². The summed E-state index contributed by atoms with van der Waals surface area (Å²) >= 11 is 0. The van der Waals surface area contributed by atoms with Gasteiger partial charge in [0.05, 0.1) is 17.3 Å². The lowest BCUT2D eigenvalue weighted by Gasteiger charge is -2.12. The molecule has 5 aromatic rings. The van der Waals surface area contributed by atoms with Crippen LogP contribution in [0.25, 0.3) is 38.8 Å². The Morgan fingerprint density at radius 3 is 2.68 bits per heavy atom. The van der Waals surface area contributed by atoms with E-state index in [9.17, 15) is 14.3 Å². The summed E-state index contributed by atoms with van der Waals surface area (Å²) < 4.78 is 16.2. The Morgan fingerprint density at radius 2 is 1.94 bits per heavy atom. The van der Waals surface area contributed by atoms with Gasteiger partial charge in [-0.25, -0.2) is 9.37 Å². The van der Waals surface area contributed by atoms with Crippen molar-refractivity contribution in [3.8, 4) is 28.7 Å². The molecule has 0 aliphatic rings. The van der Waals surface area contributed by atoms with E-state index in [1.54, 1.807) is 42.9 Å². The van der Waals surface area contributed by atoms with Gasteiger partial charge in [-0.1, -0.05) is 18.1 Å². The van der Waals surface area contributed by atoms with E-state index in [0.29, 0.717) is 38.9 Å². The Balaban J connectivity index is 1.95. The average molecular weight is 454 g/mol. The Labute approximate surface area is 193 Å². The summed E-state index contributed by atoms with van der Waals surface area (Å²) in [7, 11) is 0. The lowest BCUT2D eigenvalue weighted by atomic mass is 9.98. The molecule has 1 aromatic carbocycles. The molecule has 7 nitrogen and oxygen atoms in total. The van der Waals surface area contributed by atoms with Crippen molar-refractivity contribution in [2.75, 3.05) is 0 Å². The van der Waals surface area contributed by atoms with Crippen molar-refractivity contribution in [1.82, 2.24) is 20.2 Å². The zero-order valence-corrected chi connectivity index (χ0v) is 18.8. The molecule has 0 amide bonds. The van der Waals surface area contributed by atoms with Crippen LogP contribution in [0, 0.1) is 24.6 Å². The number of aliphatic hydroxyl groups is 1. The molecule has 0 saturated heterocycles. The van der Waals surface area contributed by atoms with Crippen molar-refractivity contribution in [1.29, 1.82) is 0 Å². The Kier molecular flexibility index (Phi) is 5.00. The van der Waals surface area contributed by atoms with Crippen LogP contribution in [0.4, 0.5) is 4.39 Å². The first kappa shape index (κ1) is 21.5. The third kappa shape index (κ3) is 3.72. The predicted molar refractivity (Wildman–Crippen MR) is 127 cm³/mol. The molecule has 168 valence electrons. The zero-order chi connectivity index (χ0) is 24.0. The van der Waals surface area contributed by atoms with Crippen molar-refractivity contribution in [2.45, 2.75) is 26.4 Å². The first-order chi connectivity index (χ1) is 16.2. The highest BCUT2D eigenvalue weighted by Gasteiger charge is 2.26. The summed E-state index contributed by atoms with van der Waals surface area (Å²) in [4.78, 5) is 21.1. The third-order valence-corrected chi connectivity index (χ3v) is 5.44. The minimum Gasteiger partial charge on any atom is -0.378 e. The number of pyridine rings is 3. The molecule has 4 aromatic heterocycles. The molecule has 0 aliphatic heterocycles. The van der Waals surface area contributed by atoms with Crippen LogP contribution in [0.1, 0.15) is 25.1 Å². The van der Waals surface area contributed by atoms with E-state index in [1.165, 1.54) is 12.3 Å². The molecule has 34 heavy (non-hydrogen) atoms. The molecular weight excluding hydrogens is 433 g/mol. The number of hydrogen-bond donors (Lipinski definition) is 3. The second kappa shape index (κ2) is 7.90. The monoisotopic (exact) mass is 454 g/mol. The summed E-state index contributed by atoms with van der Waals surface area (Å²) in [6.07, 6.45) is 5.06. The van der Waals surface area contributed by atoms with Crippen LogP contribution in [0.3, 0.4) is 0 Å². The summed E-state index contributed by atoms with van der Waals surface area (Å²) in [5.41, 5.74) is 2.41. The Morgan fingerprint density at radius 1 is 1.18 bits per heavy atom. The molecule has 8 heteroatoms. The number of nitrogens with one attached hydrogen (secondary N) is 2. The highest BCUT2D eigenvalue weighted by atomic mass is 19.1. The zero-order valence-electron chi connectivity index (χ0n) is 18.8. The van der Waals surface area contributed by atoms with Gasteiger partial charge >= 0.3 is 5.56 Å². The normalized spacial score (nSPS) is 11.6. The molecular formula is C26H21FN5O2+. The van der Waals surface area contributed by atoms with E-state index < -0.39 is 11.4 Å². The van der Waals surface area contributed by atoms with Crippen LogP contribution in [0.15, 0.2) is 59.8 Å². The van der Waals surface area contributed by atoms with Crippen LogP contribution < -0.4 is 10.1 Å². The molecule has 3 N–H and O–H groups in total. The van der Waals surface area contributed by atoms with Gasteiger partial charge in [0.25, 0.3) is 5.69 Å². The largest absolute Gasteiger partial charge is 0.378 e. The molecule has 0 unspecified atom stereocenters. The molecule has 0 fully saturated rings. The molecule has 0 spiro atoms. The van der Waals surface area contributed by atoms with Gasteiger partial charge < -0.3 is 10.1 Å². The van der Waals surface area contributed by atoms with E-state index in [0.717, 1.165) is 5.56 Å². The first-order valence-electron chi connectivity index (χ1n) is 10.6. The number of aromatic amines is 2. The van der Waals surface area contributed by atoms with Crippen LogP contribution in [-0.2, 0) is 0 Å². The van der Waals surface area contributed by atoms with Crippen molar-refractivity contribution in [3.05, 3.63) is 82.4 Å². The summed E-state index contributed by atoms with van der Waals surface area (Å²) in [6.45, 7) is 5.03. The summed E-state index contributed by atoms with van der Waals surface area (Å²) in [5.74, 6) is 5.30. The minimum atomic E-state index is -1.19. The molecule has 4 heterocycles. The second-order valence-corrected chi connectivity index (χ2v) is 8.57. The van der Waals surface area contributed by atoms with Crippen molar-refractivity contribution in [3.63, 3.8) is 0 Å². The lowest BCUT2D eigenvalue weighted by molar-refractivity contribution is -0.596. The average Bonchev–Trinajstić information content (AvgIpc) is 3.28. The van der Waals surface area contributed by atoms with Crippen LogP contribution in [0.2, 0.25) is 0 Å². The first-order valence-corrected chi connectivity index (χ1v) is 10.6. The van der Waals surface area contributed by atoms with Gasteiger partial charge in [-0.2, -0.15) is 9.67 Å². The Bertz CT molecular complexity index is 1690. The van der Waals surface area contributed by atoms with Crippen LogP contribution in [0.5, 0.6) is 0 Å². The number of fused-ring (bicyclic) bond motifs is 2. The van der Waals surface area contributed by atoms with Gasteiger partial charge in [0.2, 0.25) is 0 Å². The van der Waals surface area contributed by atoms with E-state index >= 15 is 0 Å². The van der Waals surface area contributed by atoms with Crippen molar-refractivity contribution in [2.24, 2.45) is 0 Å². The highest BCUT2D eigenvalue weighted by Crippen LogP contribution is 2.35.